The molecule has 2 heterocycles. The van der Waals surface area contributed by atoms with E-state index in [0.717, 1.165) is 16.2 Å². The topological polar surface area (TPSA) is 17.8 Å². The van der Waals surface area contributed by atoms with Crippen molar-refractivity contribution in [2.75, 3.05) is 0 Å². The predicted molar refractivity (Wildman–Crippen MR) is 93.2 cm³/mol. The normalized spacial score (nSPS) is 11.3. The Hall–Kier alpha value is -2.53. The highest BCUT2D eigenvalue weighted by atomic mass is 32.1. The van der Waals surface area contributed by atoms with E-state index in [9.17, 15) is 8.78 Å². The second kappa shape index (κ2) is 5.83. The van der Waals surface area contributed by atoms with E-state index in [-0.39, 0.29) is 11.6 Å². The van der Waals surface area contributed by atoms with Gasteiger partial charge in [0, 0.05) is 16.5 Å². The molecule has 0 fully saturated rings. The Morgan fingerprint density at radius 3 is 2.62 bits per heavy atom. The summed E-state index contributed by atoms with van der Waals surface area (Å²) in [7, 11) is 0. The number of aromatic nitrogens is 2. The van der Waals surface area contributed by atoms with Crippen molar-refractivity contribution in [2.24, 2.45) is 0 Å². The SMILES string of the molecule is Cc1ccc(-c2nc3cc(F)ccc3n2Cc2ccccc2F)s1. The molecule has 0 spiro atoms. The molecule has 0 saturated carbocycles. The molecule has 4 aromatic rings. The molecule has 0 radical (unpaired) electrons. The minimum atomic E-state index is -0.327. The Labute approximate surface area is 142 Å². The zero-order valence-corrected chi connectivity index (χ0v) is 13.8. The number of thiophene rings is 1. The molecule has 0 aliphatic carbocycles. The molecule has 0 saturated heterocycles. The fraction of sp³-hybridized carbons (Fsp3) is 0.105. The van der Waals surface area contributed by atoms with Crippen LogP contribution in [0.4, 0.5) is 8.78 Å². The van der Waals surface area contributed by atoms with E-state index in [0.29, 0.717) is 17.6 Å². The molecular formula is C19H14F2N2S. The lowest BCUT2D eigenvalue weighted by atomic mass is 10.2. The predicted octanol–water partition coefficient (Wildman–Crippen LogP) is 5.40. The van der Waals surface area contributed by atoms with Gasteiger partial charge in [-0.05, 0) is 37.3 Å². The Morgan fingerprint density at radius 1 is 1.04 bits per heavy atom. The van der Waals surface area contributed by atoms with Crippen LogP contribution in [0, 0.1) is 18.6 Å². The molecule has 0 atom stereocenters. The summed E-state index contributed by atoms with van der Waals surface area (Å²) in [6.45, 7) is 2.37. The van der Waals surface area contributed by atoms with Crippen molar-refractivity contribution < 1.29 is 8.78 Å². The van der Waals surface area contributed by atoms with Gasteiger partial charge >= 0.3 is 0 Å². The van der Waals surface area contributed by atoms with E-state index in [1.165, 1.54) is 23.1 Å². The summed E-state index contributed by atoms with van der Waals surface area (Å²) >= 11 is 1.62. The van der Waals surface area contributed by atoms with E-state index < -0.39 is 0 Å². The monoisotopic (exact) mass is 340 g/mol. The average molecular weight is 340 g/mol. The van der Waals surface area contributed by atoms with Crippen LogP contribution in [0.3, 0.4) is 0 Å². The maximum atomic E-state index is 14.1. The maximum absolute atomic E-state index is 14.1. The third-order valence-corrected chi connectivity index (χ3v) is 4.95. The van der Waals surface area contributed by atoms with Crippen LogP contribution in [-0.2, 0) is 6.54 Å². The molecule has 0 amide bonds. The lowest BCUT2D eigenvalue weighted by Crippen LogP contribution is -2.03. The molecule has 0 aliphatic heterocycles. The smallest absolute Gasteiger partial charge is 0.151 e. The number of nitrogens with zero attached hydrogens (tertiary/aromatic N) is 2. The van der Waals surface area contributed by atoms with Gasteiger partial charge in [-0.3, -0.25) is 0 Å². The average Bonchev–Trinajstić information content (AvgIpc) is 3.13. The molecule has 0 N–H and O–H groups in total. The van der Waals surface area contributed by atoms with Gasteiger partial charge in [0.25, 0.3) is 0 Å². The lowest BCUT2D eigenvalue weighted by molar-refractivity contribution is 0.602. The molecule has 24 heavy (non-hydrogen) atoms. The van der Waals surface area contributed by atoms with E-state index in [1.807, 2.05) is 29.7 Å². The van der Waals surface area contributed by atoms with Crippen LogP contribution in [0.15, 0.2) is 54.6 Å². The lowest BCUT2D eigenvalue weighted by Gasteiger charge is -2.09. The van der Waals surface area contributed by atoms with Crippen molar-refractivity contribution in [1.29, 1.82) is 0 Å². The number of imidazole rings is 1. The number of hydrogen-bond donors (Lipinski definition) is 0. The van der Waals surface area contributed by atoms with Gasteiger partial charge in [-0.25, -0.2) is 13.8 Å². The highest BCUT2D eigenvalue weighted by Gasteiger charge is 2.16. The Bertz CT molecular complexity index is 1030. The van der Waals surface area contributed by atoms with Crippen molar-refractivity contribution in [3.05, 3.63) is 76.7 Å². The van der Waals surface area contributed by atoms with Gasteiger partial charge in [0.15, 0.2) is 5.82 Å². The molecule has 0 aliphatic rings. The summed E-state index contributed by atoms with van der Waals surface area (Å²) in [4.78, 5) is 6.75. The number of rotatable bonds is 3. The third-order valence-electron chi connectivity index (χ3n) is 3.96. The fourth-order valence-electron chi connectivity index (χ4n) is 2.80. The van der Waals surface area contributed by atoms with Gasteiger partial charge in [-0.15, -0.1) is 11.3 Å². The summed E-state index contributed by atoms with van der Waals surface area (Å²) in [5, 5.41) is 0. The second-order valence-electron chi connectivity index (χ2n) is 5.66. The molecule has 5 heteroatoms. The van der Waals surface area contributed by atoms with Crippen LogP contribution in [-0.4, -0.2) is 9.55 Å². The van der Waals surface area contributed by atoms with Crippen LogP contribution in [0.25, 0.3) is 21.7 Å². The number of benzene rings is 2. The summed E-state index contributed by atoms with van der Waals surface area (Å²) in [5.41, 5.74) is 1.95. The largest absolute Gasteiger partial charge is 0.319 e. The zero-order valence-electron chi connectivity index (χ0n) is 13.0. The summed E-state index contributed by atoms with van der Waals surface area (Å²) in [5.74, 6) is 0.152. The number of halogens is 2. The van der Waals surface area contributed by atoms with Crippen molar-refractivity contribution in [3.8, 4) is 10.7 Å². The van der Waals surface area contributed by atoms with Crippen molar-refractivity contribution in [1.82, 2.24) is 9.55 Å². The van der Waals surface area contributed by atoms with Gasteiger partial charge in [-0.1, -0.05) is 18.2 Å². The quantitative estimate of drug-likeness (QED) is 0.488. The van der Waals surface area contributed by atoms with E-state index >= 15 is 0 Å². The minimum absolute atomic E-state index is 0.255. The Kier molecular flexibility index (Phi) is 3.65. The summed E-state index contributed by atoms with van der Waals surface area (Å²) in [6, 6.07) is 15.2. The first-order valence-electron chi connectivity index (χ1n) is 7.58. The van der Waals surface area contributed by atoms with Gasteiger partial charge < -0.3 is 4.57 Å². The first-order valence-corrected chi connectivity index (χ1v) is 8.39. The minimum Gasteiger partial charge on any atom is -0.319 e. The van der Waals surface area contributed by atoms with Gasteiger partial charge in [-0.2, -0.15) is 0 Å². The van der Waals surface area contributed by atoms with E-state index in [1.54, 1.807) is 29.5 Å². The second-order valence-corrected chi connectivity index (χ2v) is 6.94. The zero-order chi connectivity index (χ0) is 16.7. The van der Waals surface area contributed by atoms with Crippen molar-refractivity contribution >= 4 is 22.4 Å². The molecule has 4 rings (SSSR count). The van der Waals surface area contributed by atoms with Gasteiger partial charge in [0.1, 0.15) is 11.6 Å². The standard InChI is InChI=1S/C19H14F2N2S/c1-12-6-9-18(24-12)19-22-16-10-14(20)7-8-17(16)23(19)11-13-4-2-3-5-15(13)21/h2-10H,11H2,1H3. The highest BCUT2D eigenvalue weighted by molar-refractivity contribution is 7.15. The third kappa shape index (κ3) is 2.61. The molecule has 2 aromatic carbocycles. The molecule has 0 bridgehead atoms. The van der Waals surface area contributed by atoms with Crippen LogP contribution < -0.4 is 0 Å². The molecule has 2 aromatic heterocycles. The number of hydrogen-bond acceptors (Lipinski definition) is 2. The number of fused-ring (bicyclic) bond motifs is 1. The van der Waals surface area contributed by atoms with E-state index in [2.05, 4.69) is 4.98 Å². The van der Waals surface area contributed by atoms with Crippen LogP contribution >= 0.6 is 11.3 Å². The Morgan fingerprint density at radius 2 is 1.88 bits per heavy atom. The summed E-state index contributed by atoms with van der Waals surface area (Å²) in [6.07, 6.45) is 0. The van der Waals surface area contributed by atoms with E-state index in [4.69, 9.17) is 0 Å². The number of aryl methyl sites for hydroxylation is 1. The van der Waals surface area contributed by atoms with Crippen LogP contribution in [0.5, 0.6) is 0 Å². The first kappa shape index (κ1) is 15.0. The van der Waals surface area contributed by atoms with Crippen molar-refractivity contribution in [3.63, 3.8) is 0 Å². The molecule has 0 unspecified atom stereocenters. The van der Waals surface area contributed by atoms with Crippen molar-refractivity contribution in [2.45, 2.75) is 13.5 Å². The fourth-order valence-corrected chi connectivity index (χ4v) is 3.67. The van der Waals surface area contributed by atoms with Crippen LogP contribution in [0.2, 0.25) is 0 Å². The Balaban J connectivity index is 1.92. The highest BCUT2D eigenvalue weighted by Crippen LogP contribution is 2.31. The molecule has 2 nitrogen and oxygen atoms in total. The van der Waals surface area contributed by atoms with Gasteiger partial charge in [0.05, 0.1) is 22.5 Å². The molecular weight excluding hydrogens is 326 g/mol. The van der Waals surface area contributed by atoms with Gasteiger partial charge in [0.2, 0.25) is 0 Å². The first-order chi connectivity index (χ1) is 11.6. The molecule has 120 valence electrons. The van der Waals surface area contributed by atoms with Crippen LogP contribution in [0.1, 0.15) is 10.4 Å². The summed E-state index contributed by atoms with van der Waals surface area (Å²) < 4.78 is 29.6. The maximum Gasteiger partial charge on any atom is 0.151 e.